The Balaban J connectivity index is 1.99. The minimum atomic E-state index is -0.518. The van der Waals surface area contributed by atoms with E-state index >= 15 is 0 Å². The number of likely N-dealkylation sites (N-methyl/N-ethyl adjacent to an activating group) is 1. The van der Waals surface area contributed by atoms with E-state index in [-0.39, 0.29) is 30.1 Å². The van der Waals surface area contributed by atoms with Crippen LogP contribution < -0.4 is 5.32 Å². The molecule has 2 aromatic rings. The van der Waals surface area contributed by atoms with Crippen LogP contribution in [0.15, 0.2) is 42.5 Å². The van der Waals surface area contributed by atoms with Gasteiger partial charge in [-0.2, -0.15) is 0 Å². The molecule has 0 bridgehead atoms. The molecule has 0 saturated heterocycles. The summed E-state index contributed by atoms with van der Waals surface area (Å²) in [5, 5.41) is 2.80. The first-order chi connectivity index (χ1) is 14.1. The van der Waals surface area contributed by atoms with Gasteiger partial charge in [-0.05, 0) is 36.6 Å². The second-order valence-electron chi connectivity index (χ2n) is 7.94. The van der Waals surface area contributed by atoms with Crippen LogP contribution in [0.5, 0.6) is 0 Å². The number of nitrogens with zero attached hydrogens (tertiary/aromatic N) is 1. The molecule has 0 aliphatic heterocycles. The largest absolute Gasteiger partial charge is 0.465 e. The van der Waals surface area contributed by atoms with Gasteiger partial charge in [0.15, 0.2) is 13.1 Å². The number of anilines is 1. The molecular weight excluding hydrogens is 384 g/mol. The molecule has 0 unspecified atom stereocenters. The molecule has 0 spiro atoms. The first-order valence-electron chi connectivity index (χ1n) is 9.62. The highest BCUT2D eigenvalue weighted by Gasteiger charge is 2.26. The fraction of sp³-hybridized carbons (Fsp3) is 0.348. The Morgan fingerprint density at radius 2 is 1.67 bits per heavy atom. The molecule has 0 heterocycles. The summed E-state index contributed by atoms with van der Waals surface area (Å²) in [6.45, 7) is 3.95. The molecule has 2 rings (SSSR count). The van der Waals surface area contributed by atoms with Crippen molar-refractivity contribution in [3.05, 3.63) is 64.7 Å². The second-order valence-corrected chi connectivity index (χ2v) is 7.94. The fourth-order valence-corrected chi connectivity index (χ4v) is 3.16. The topological polar surface area (TPSA) is 81.7 Å². The number of amides is 1. The van der Waals surface area contributed by atoms with Crippen molar-refractivity contribution in [3.63, 3.8) is 0 Å². The average Bonchev–Trinajstić information content (AvgIpc) is 2.67. The molecule has 7 nitrogen and oxygen atoms in total. The Kier molecular flexibility index (Phi) is 7.72. The van der Waals surface area contributed by atoms with Crippen LogP contribution in [0.1, 0.15) is 27.0 Å². The molecule has 1 amide bonds. The first kappa shape index (κ1) is 23.1. The van der Waals surface area contributed by atoms with Gasteiger partial charge in [-0.3, -0.25) is 4.79 Å². The summed E-state index contributed by atoms with van der Waals surface area (Å²) in [6, 6.07) is 13.0. The number of carbonyl (C=O) groups is 3. The van der Waals surface area contributed by atoms with Crippen LogP contribution in [0.25, 0.3) is 0 Å². The molecule has 0 aliphatic rings. The molecule has 0 radical (unpaired) electrons. The van der Waals surface area contributed by atoms with Crippen LogP contribution in [-0.2, 0) is 25.7 Å². The number of hydrogen-bond acceptors (Lipinski definition) is 5. The molecule has 7 heteroatoms. The third-order valence-corrected chi connectivity index (χ3v) is 4.52. The smallest absolute Gasteiger partial charge is 0.362 e. The van der Waals surface area contributed by atoms with E-state index in [1.807, 2.05) is 50.2 Å². The number of methoxy groups -OCH3 is 1. The zero-order valence-electron chi connectivity index (χ0n) is 18.2. The minimum Gasteiger partial charge on any atom is -0.465 e. The number of esters is 2. The van der Waals surface area contributed by atoms with Gasteiger partial charge in [-0.15, -0.1) is 0 Å². The maximum atomic E-state index is 12.7. The number of quaternary nitrogens is 1. The molecule has 2 aromatic carbocycles. The zero-order chi connectivity index (χ0) is 22.3. The van der Waals surface area contributed by atoms with E-state index in [9.17, 15) is 14.4 Å². The Bertz CT molecular complexity index is 923. The summed E-state index contributed by atoms with van der Waals surface area (Å²) in [4.78, 5) is 37.0. The highest BCUT2D eigenvalue weighted by atomic mass is 16.5. The molecule has 0 aliphatic carbocycles. The molecular formula is C23H29N2O5+. The Labute approximate surface area is 177 Å². The third-order valence-electron chi connectivity index (χ3n) is 4.52. The Morgan fingerprint density at radius 3 is 2.30 bits per heavy atom. The van der Waals surface area contributed by atoms with Gasteiger partial charge in [-0.25, -0.2) is 9.59 Å². The van der Waals surface area contributed by atoms with Gasteiger partial charge in [-0.1, -0.05) is 36.4 Å². The van der Waals surface area contributed by atoms with E-state index in [2.05, 4.69) is 5.32 Å². The maximum absolute atomic E-state index is 12.7. The van der Waals surface area contributed by atoms with Crippen molar-refractivity contribution in [2.75, 3.05) is 39.6 Å². The number of hydrogen-bond donors (Lipinski definition) is 1. The summed E-state index contributed by atoms with van der Waals surface area (Å²) in [7, 11) is 4.84. The molecule has 0 saturated carbocycles. The van der Waals surface area contributed by atoms with Gasteiger partial charge in [0.25, 0.3) is 5.91 Å². The van der Waals surface area contributed by atoms with Gasteiger partial charge in [0.2, 0.25) is 0 Å². The lowest BCUT2D eigenvalue weighted by Crippen LogP contribution is -2.49. The van der Waals surface area contributed by atoms with Gasteiger partial charge >= 0.3 is 11.9 Å². The third kappa shape index (κ3) is 6.70. The van der Waals surface area contributed by atoms with Crippen LogP contribution in [0, 0.1) is 13.8 Å². The van der Waals surface area contributed by atoms with Crippen LogP contribution >= 0.6 is 0 Å². The Morgan fingerprint density at radius 1 is 1.00 bits per heavy atom. The van der Waals surface area contributed by atoms with Crippen molar-refractivity contribution < 1.29 is 28.3 Å². The summed E-state index contributed by atoms with van der Waals surface area (Å²) >= 11 is 0. The van der Waals surface area contributed by atoms with E-state index < -0.39 is 11.9 Å². The van der Waals surface area contributed by atoms with E-state index in [1.54, 1.807) is 20.2 Å². The molecule has 1 N–H and O–H groups in total. The van der Waals surface area contributed by atoms with Crippen LogP contribution in [-0.4, -0.2) is 56.6 Å². The van der Waals surface area contributed by atoms with E-state index in [4.69, 9.17) is 9.47 Å². The summed E-state index contributed by atoms with van der Waals surface area (Å²) < 4.78 is 10.3. The first-order valence-corrected chi connectivity index (χ1v) is 9.62. The van der Waals surface area contributed by atoms with Crippen molar-refractivity contribution in [1.29, 1.82) is 0 Å². The van der Waals surface area contributed by atoms with Crippen molar-refractivity contribution in [2.45, 2.75) is 20.5 Å². The highest BCUT2D eigenvalue weighted by Crippen LogP contribution is 2.24. The number of rotatable bonds is 8. The molecule has 0 atom stereocenters. The van der Waals surface area contributed by atoms with Crippen LogP contribution in [0.3, 0.4) is 0 Å². The van der Waals surface area contributed by atoms with E-state index in [0.29, 0.717) is 11.3 Å². The van der Waals surface area contributed by atoms with Crippen molar-refractivity contribution in [2.24, 2.45) is 0 Å². The van der Waals surface area contributed by atoms with Gasteiger partial charge < -0.3 is 19.3 Å². The minimum absolute atomic E-state index is 0.0361. The molecule has 0 aromatic heterocycles. The quantitative estimate of drug-likeness (QED) is 0.532. The Hall–Kier alpha value is -3.19. The van der Waals surface area contributed by atoms with E-state index in [1.165, 1.54) is 7.11 Å². The molecule has 0 fully saturated rings. The normalized spacial score (nSPS) is 11.0. The maximum Gasteiger partial charge on any atom is 0.362 e. The van der Waals surface area contributed by atoms with Gasteiger partial charge in [0.1, 0.15) is 6.61 Å². The number of ether oxygens (including phenoxy) is 2. The van der Waals surface area contributed by atoms with Crippen molar-refractivity contribution in [1.82, 2.24) is 0 Å². The van der Waals surface area contributed by atoms with Crippen molar-refractivity contribution >= 4 is 23.5 Å². The molecule has 160 valence electrons. The second kappa shape index (κ2) is 10.0. The lowest BCUT2D eigenvalue weighted by molar-refractivity contribution is -0.874. The highest BCUT2D eigenvalue weighted by molar-refractivity contribution is 6.02. The summed E-state index contributed by atoms with van der Waals surface area (Å²) in [5.74, 6) is -1.22. The number of benzene rings is 2. The van der Waals surface area contributed by atoms with E-state index in [0.717, 1.165) is 16.7 Å². The predicted octanol–water partition coefficient (Wildman–Crippen LogP) is 2.85. The van der Waals surface area contributed by atoms with Gasteiger partial charge in [0.05, 0.1) is 32.5 Å². The number of aryl methyl sites for hydroxylation is 2. The predicted molar refractivity (Wildman–Crippen MR) is 114 cm³/mol. The SMILES string of the molecule is COC(=O)c1cc(C)cc(C)c1NC(=O)C[N+](C)(C)CC(=O)OCc1ccccc1. The van der Waals surface area contributed by atoms with Gasteiger partial charge in [0, 0.05) is 0 Å². The zero-order valence-corrected chi connectivity index (χ0v) is 18.2. The number of carbonyl (C=O) groups excluding carboxylic acids is 3. The summed E-state index contributed by atoms with van der Waals surface area (Å²) in [6.07, 6.45) is 0. The van der Waals surface area contributed by atoms with Crippen LogP contribution in [0.2, 0.25) is 0 Å². The molecule has 30 heavy (non-hydrogen) atoms. The monoisotopic (exact) mass is 413 g/mol. The average molecular weight is 413 g/mol. The van der Waals surface area contributed by atoms with Crippen molar-refractivity contribution in [3.8, 4) is 0 Å². The standard InChI is InChI=1S/C23H28N2O5/c1-16-11-17(2)22(19(12-16)23(28)29-5)24-20(26)13-25(3,4)14-21(27)30-15-18-9-7-6-8-10-18/h6-12H,13-15H2,1-5H3/p+1. The number of nitrogens with one attached hydrogen (secondary N) is 1. The lowest BCUT2D eigenvalue weighted by Gasteiger charge is -2.28. The lowest BCUT2D eigenvalue weighted by atomic mass is 10.0. The fourth-order valence-electron chi connectivity index (χ4n) is 3.16. The summed E-state index contributed by atoms with van der Waals surface area (Å²) in [5.41, 5.74) is 3.28. The van der Waals surface area contributed by atoms with Crippen LogP contribution in [0.4, 0.5) is 5.69 Å².